The normalized spacial score (nSPS) is 18.5. The number of aliphatic imine (C=N–C) groups is 1. The lowest BCUT2D eigenvalue weighted by atomic mass is 9.82. The number of amides is 2. The Morgan fingerprint density at radius 2 is 1.91 bits per heavy atom. The summed E-state index contributed by atoms with van der Waals surface area (Å²) in [5, 5.41) is 2.60. The van der Waals surface area contributed by atoms with E-state index in [0.717, 1.165) is 54.3 Å². The first-order valence-corrected chi connectivity index (χ1v) is 11.3. The van der Waals surface area contributed by atoms with E-state index in [1.165, 1.54) is 11.3 Å². The summed E-state index contributed by atoms with van der Waals surface area (Å²) in [5.74, 6) is 1.36. The van der Waals surface area contributed by atoms with Crippen molar-refractivity contribution in [2.75, 3.05) is 4.90 Å². The minimum Gasteiger partial charge on any atom is -0.445 e. The van der Waals surface area contributed by atoms with Gasteiger partial charge in [-0.1, -0.05) is 67.8 Å². The van der Waals surface area contributed by atoms with Crippen molar-refractivity contribution in [3.8, 4) is 0 Å². The van der Waals surface area contributed by atoms with Crippen LogP contribution in [0.1, 0.15) is 48.8 Å². The maximum Gasteiger partial charge on any atom is 0.409 e. The summed E-state index contributed by atoms with van der Waals surface area (Å²) >= 11 is 0. The maximum atomic E-state index is 13.4. The van der Waals surface area contributed by atoms with Gasteiger partial charge in [0.25, 0.3) is 5.91 Å². The van der Waals surface area contributed by atoms with E-state index in [1.807, 2.05) is 55.5 Å². The third kappa shape index (κ3) is 5.04. The predicted molar refractivity (Wildman–Crippen MR) is 126 cm³/mol. The molecule has 7 nitrogen and oxygen atoms in total. The van der Waals surface area contributed by atoms with Crippen molar-refractivity contribution in [2.24, 2.45) is 10.9 Å². The molecule has 170 valence electrons. The first-order chi connectivity index (χ1) is 16.1. The van der Waals surface area contributed by atoms with Gasteiger partial charge in [0, 0.05) is 11.5 Å². The Bertz CT molecular complexity index is 1100. The molecule has 0 aromatic heterocycles. The summed E-state index contributed by atoms with van der Waals surface area (Å²) in [6.45, 7) is 1.96. The molecule has 1 N–H and O–H groups in total. The van der Waals surface area contributed by atoms with Crippen molar-refractivity contribution in [1.82, 2.24) is 5.32 Å². The van der Waals surface area contributed by atoms with Crippen LogP contribution in [-0.2, 0) is 20.9 Å². The van der Waals surface area contributed by atoms with Gasteiger partial charge in [0.1, 0.15) is 12.5 Å². The number of nitrogens with zero attached hydrogens (tertiary/aromatic N) is 2. The lowest BCUT2D eigenvalue weighted by Crippen LogP contribution is -2.46. The Morgan fingerprint density at radius 3 is 2.64 bits per heavy atom. The van der Waals surface area contributed by atoms with Gasteiger partial charge in [-0.05, 0) is 30.9 Å². The van der Waals surface area contributed by atoms with Crippen molar-refractivity contribution < 1.29 is 19.1 Å². The zero-order chi connectivity index (χ0) is 23.2. The lowest BCUT2D eigenvalue weighted by Gasteiger charge is -2.25. The molecule has 1 aliphatic heterocycles. The highest BCUT2D eigenvalue weighted by Crippen LogP contribution is 2.35. The molecule has 0 radical (unpaired) electrons. The summed E-state index contributed by atoms with van der Waals surface area (Å²) < 4.78 is 5.32. The number of ether oxygens (including phenoxy) is 1. The minimum absolute atomic E-state index is 0.0735. The van der Waals surface area contributed by atoms with Gasteiger partial charge in [-0.15, -0.1) is 0 Å². The fourth-order valence-corrected chi connectivity index (χ4v) is 4.54. The second-order valence-electron chi connectivity index (χ2n) is 8.38. The number of anilines is 1. The summed E-state index contributed by atoms with van der Waals surface area (Å²) in [6.07, 6.45) is 4.41. The number of fused-ring (bicyclic) bond motifs is 1. The molecule has 0 bridgehead atoms. The standard InChI is InChI=1S/C26H27N3O4/c1-18-9-8-14-21-22(20-12-6-3-7-13-20)27-24(25(31)29(15-16-30)23(18)21)28-26(32)33-17-19-10-4-2-5-11-19/h2,4-5,8-11,14-15,20,24H,3,6-7,12-13,17H2,1H3,(H,28,32). The maximum absolute atomic E-state index is 13.4. The Morgan fingerprint density at radius 1 is 1.15 bits per heavy atom. The average Bonchev–Trinajstić information content (AvgIpc) is 2.95. The average molecular weight is 446 g/mol. The monoisotopic (exact) mass is 445 g/mol. The topological polar surface area (TPSA) is 88.1 Å². The number of carbonyl (C=O) groups excluding carboxylic acids is 3. The van der Waals surface area contributed by atoms with Crippen LogP contribution in [0.5, 0.6) is 0 Å². The number of hydrogen-bond acceptors (Lipinski definition) is 5. The van der Waals surface area contributed by atoms with Crippen molar-refractivity contribution in [2.45, 2.75) is 51.8 Å². The van der Waals surface area contributed by atoms with Gasteiger partial charge in [0.05, 0.1) is 17.6 Å². The number of carbonyl (C=O) groups is 2. The number of benzodiazepines with no additional fused rings is 1. The van der Waals surface area contributed by atoms with Crippen molar-refractivity contribution in [3.63, 3.8) is 0 Å². The van der Waals surface area contributed by atoms with Crippen molar-refractivity contribution in [1.29, 1.82) is 0 Å². The highest BCUT2D eigenvalue weighted by Gasteiger charge is 2.35. The second kappa shape index (κ2) is 10.3. The lowest BCUT2D eigenvalue weighted by molar-refractivity contribution is -0.119. The summed E-state index contributed by atoms with van der Waals surface area (Å²) in [6, 6.07) is 15.0. The zero-order valence-electron chi connectivity index (χ0n) is 18.6. The highest BCUT2D eigenvalue weighted by molar-refractivity contribution is 6.15. The van der Waals surface area contributed by atoms with E-state index in [9.17, 15) is 14.4 Å². The van der Waals surface area contributed by atoms with Crippen LogP contribution < -0.4 is 10.2 Å². The smallest absolute Gasteiger partial charge is 0.409 e. The molecule has 2 aromatic carbocycles. The summed E-state index contributed by atoms with van der Waals surface area (Å²) in [5.41, 5.74) is 3.88. The number of hydrogen-bond donors (Lipinski definition) is 1. The molecule has 2 amide bonds. The van der Waals surface area contributed by atoms with Crippen molar-refractivity contribution >= 4 is 29.3 Å². The Kier molecular flexibility index (Phi) is 7.01. The van der Waals surface area contributed by atoms with Crippen LogP contribution >= 0.6 is 0 Å². The first kappa shape index (κ1) is 22.5. The third-order valence-electron chi connectivity index (χ3n) is 6.14. The molecule has 2 aromatic rings. The molecule has 1 fully saturated rings. The predicted octanol–water partition coefficient (Wildman–Crippen LogP) is 4.31. The third-order valence-corrected chi connectivity index (χ3v) is 6.14. The van der Waals surface area contributed by atoms with E-state index >= 15 is 0 Å². The molecule has 0 saturated heterocycles. The molecular weight excluding hydrogens is 418 g/mol. The molecule has 0 spiro atoms. The number of benzene rings is 2. The van der Waals surface area contributed by atoms with Crippen LogP contribution in [0.2, 0.25) is 0 Å². The molecule has 4 rings (SSSR count). The summed E-state index contributed by atoms with van der Waals surface area (Å²) in [7, 11) is 0. The Balaban J connectivity index is 1.67. The van der Waals surface area contributed by atoms with Crippen LogP contribution in [-0.4, -0.2) is 29.8 Å². The van der Waals surface area contributed by atoms with E-state index in [2.05, 4.69) is 5.32 Å². The second-order valence-corrected chi connectivity index (χ2v) is 8.38. The van der Waals surface area contributed by atoms with E-state index in [0.29, 0.717) is 5.69 Å². The molecule has 1 saturated carbocycles. The highest BCUT2D eigenvalue weighted by atomic mass is 16.5. The SMILES string of the molecule is Cc1cccc2c1N(C=C=O)C(=O)C(NC(=O)OCc1ccccc1)N=C2C1CCCCC1. The molecule has 2 aliphatic rings. The van der Waals surface area contributed by atoms with Crippen LogP contribution in [0, 0.1) is 12.8 Å². The fraction of sp³-hybridized carbons (Fsp3) is 0.346. The molecule has 1 unspecified atom stereocenters. The molecule has 7 heteroatoms. The quantitative estimate of drug-likeness (QED) is 0.695. The van der Waals surface area contributed by atoms with Gasteiger partial charge >= 0.3 is 6.09 Å². The number of alkyl carbamates (subject to hydrolysis) is 1. The first-order valence-electron chi connectivity index (χ1n) is 11.3. The van der Waals surface area contributed by atoms with Gasteiger partial charge < -0.3 is 4.74 Å². The molecule has 33 heavy (non-hydrogen) atoms. The Labute approximate surface area is 193 Å². The van der Waals surface area contributed by atoms with E-state index in [-0.39, 0.29) is 12.5 Å². The number of rotatable bonds is 5. The fourth-order valence-electron chi connectivity index (χ4n) is 4.54. The van der Waals surface area contributed by atoms with Crippen LogP contribution in [0.15, 0.2) is 59.7 Å². The van der Waals surface area contributed by atoms with Crippen molar-refractivity contribution in [3.05, 3.63) is 71.4 Å². The molecule has 1 atom stereocenters. The van der Waals surface area contributed by atoms with Crippen LogP contribution in [0.3, 0.4) is 0 Å². The molecular formula is C26H27N3O4. The van der Waals surface area contributed by atoms with Crippen LogP contribution in [0.25, 0.3) is 0 Å². The largest absolute Gasteiger partial charge is 0.445 e. The molecule has 1 aliphatic carbocycles. The van der Waals surface area contributed by atoms with Gasteiger partial charge in [-0.2, -0.15) is 0 Å². The minimum atomic E-state index is -1.21. The number of nitrogens with one attached hydrogen (secondary N) is 1. The van der Waals surface area contributed by atoms with Gasteiger partial charge in [0.2, 0.25) is 6.17 Å². The van der Waals surface area contributed by atoms with Crippen LogP contribution in [0.4, 0.5) is 10.5 Å². The summed E-state index contributed by atoms with van der Waals surface area (Å²) in [4.78, 5) is 43.3. The van der Waals surface area contributed by atoms with E-state index in [4.69, 9.17) is 9.73 Å². The zero-order valence-corrected chi connectivity index (χ0v) is 18.6. The number of para-hydroxylation sites is 1. The van der Waals surface area contributed by atoms with Gasteiger partial charge in [-0.3, -0.25) is 20.0 Å². The Hall–Kier alpha value is -3.70. The number of aryl methyl sites for hydroxylation is 1. The van der Waals surface area contributed by atoms with Gasteiger partial charge in [0.15, 0.2) is 0 Å². The van der Waals surface area contributed by atoms with Gasteiger partial charge in [-0.25, -0.2) is 9.59 Å². The van der Waals surface area contributed by atoms with E-state index in [1.54, 1.807) is 5.94 Å². The van der Waals surface area contributed by atoms with E-state index < -0.39 is 18.2 Å². The molecule has 1 heterocycles.